The van der Waals surface area contributed by atoms with Crippen LogP contribution in [-0.4, -0.2) is 18.4 Å². The number of rotatable bonds is 3. The molecule has 0 unspecified atom stereocenters. The van der Waals surface area contributed by atoms with Crippen LogP contribution in [0.4, 0.5) is 0 Å². The highest BCUT2D eigenvalue weighted by atomic mass is 16.2. The number of carbonyl (C=O) groups excluding carboxylic acids is 2. The van der Waals surface area contributed by atoms with E-state index in [1.807, 2.05) is 31.2 Å². The smallest absolute Gasteiger partial charge is 0.309 e. The predicted octanol–water partition coefficient (Wildman–Crippen LogP) is 0.139. The van der Waals surface area contributed by atoms with Gasteiger partial charge in [0.2, 0.25) is 0 Å². The first-order chi connectivity index (χ1) is 7.11. The summed E-state index contributed by atoms with van der Waals surface area (Å²) < 4.78 is 0. The SMILES string of the molecule is Cc1ccccc1CCNC(=O)C(N)=O. The number of amides is 2. The van der Waals surface area contributed by atoms with Crippen molar-refractivity contribution in [2.24, 2.45) is 5.73 Å². The molecule has 1 aromatic rings. The Kier molecular flexibility index (Phi) is 3.85. The van der Waals surface area contributed by atoms with Gasteiger partial charge in [0.1, 0.15) is 0 Å². The second kappa shape index (κ2) is 5.14. The van der Waals surface area contributed by atoms with E-state index in [4.69, 9.17) is 5.73 Å². The van der Waals surface area contributed by atoms with Gasteiger partial charge in [-0.15, -0.1) is 0 Å². The lowest BCUT2D eigenvalue weighted by Crippen LogP contribution is -2.37. The Morgan fingerprint density at radius 1 is 1.33 bits per heavy atom. The number of hydrogen-bond acceptors (Lipinski definition) is 2. The van der Waals surface area contributed by atoms with Crippen LogP contribution in [0.3, 0.4) is 0 Å². The molecule has 0 saturated heterocycles. The Morgan fingerprint density at radius 3 is 2.60 bits per heavy atom. The molecule has 1 rings (SSSR count). The minimum Gasteiger partial charge on any atom is -0.361 e. The first kappa shape index (κ1) is 11.2. The van der Waals surface area contributed by atoms with Crippen LogP contribution in [-0.2, 0) is 16.0 Å². The number of primary amides is 1. The second-order valence-corrected chi connectivity index (χ2v) is 3.30. The number of nitrogens with two attached hydrogens (primary N) is 1. The van der Waals surface area contributed by atoms with Crippen molar-refractivity contribution < 1.29 is 9.59 Å². The number of nitrogens with one attached hydrogen (secondary N) is 1. The molecule has 0 fully saturated rings. The molecule has 80 valence electrons. The van der Waals surface area contributed by atoms with Crippen LogP contribution in [0.5, 0.6) is 0 Å². The molecular formula is C11H14N2O2. The van der Waals surface area contributed by atoms with Gasteiger partial charge in [0, 0.05) is 6.54 Å². The molecule has 0 heterocycles. The Hall–Kier alpha value is -1.84. The van der Waals surface area contributed by atoms with Crippen LogP contribution in [0.1, 0.15) is 11.1 Å². The molecule has 0 atom stereocenters. The van der Waals surface area contributed by atoms with Gasteiger partial charge < -0.3 is 11.1 Å². The maximum atomic E-state index is 10.8. The third-order valence-electron chi connectivity index (χ3n) is 2.16. The van der Waals surface area contributed by atoms with Gasteiger partial charge in [-0.25, -0.2) is 0 Å². The normalized spacial score (nSPS) is 9.67. The molecule has 0 radical (unpaired) electrons. The molecule has 0 spiro atoms. The monoisotopic (exact) mass is 206 g/mol. The van der Waals surface area contributed by atoms with Gasteiger partial charge in [-0.1, -0.05) is 24.3 Å². The van der Waals surface area contributed by atoms with Gasteiger partial charge in [0.25, 0.3) is 0 Å². The molecule has 0 aliphatic carbocycles. The lowest BCUT2D eigenvalue weighted by molar-refractivity contribution is -0.137. The summed E-state index contributed by atoms with van der Waals surface area (Å²) in [5.74, 6) is -1.68. The van der Waals surface area contributed by atoms with Crippen molar-refractivity contribution in [2.45, 2.75) is 13.3 Å². The highest BCUT2D eigenvalue weighted by molar-refractivity contribution is 6.34. The zero-order chi connectivity index (χ0) is 11.3. The summed E-state index contributed by atoms with van der Waals surface area (Å²) >= 11 is 0. The molecule has 1 aromatic carbocycles. The molecule has 0 saturated carbocycles. The minimum absolute atomic E-state index is 0.423. The van der Waals surface area contributed by atoms with Gasteiger partial charge in [-0.05, 0) is 24.5 Å². The molecule has 4 heteroatoms. The zero-order valence-electron chi connectivity index (χ0n) is 8.62. The summed E-state index contributed by atoms with van der Waals surface area (Å²) in [6.45, 7) is 2.43. The van der Waals surface area contributed by atoms with E-state index in [9.17, 15) is 9.59 Å². The van der Waals surface area contributed by atoms with Crippen molar-refractivity contribution in [2.75, 3.05) is 6.54 Å². The minimum atomic E-state index is -0.945. The fourth-order valence-electron chi connectivity index (χ4n) is 1.29. The Bertz CT molecular complexity index is 375. The van der Waals surface area contributed by atoms with Crippen LogP contribution in [0.25, 0.3) is 0 Å². The molecule has 0 aromatic heterocycles. The molecule has 15 heavy (non-hydrogen) atoms. The van der Waals surface area contributed by atoms with Gasteiger partial charge in [-0.2, -0.15) is 0 Å². The summed E-state index contributed by atoms with van der Waals surface area (Å²) in [5, 5.41) is 2.44. The molecule has 0 aliphatic rings. The molecule has 4 nitrogen and oxygen atoms in total. The van der Waals surface area contributed by atoms with E-state index in [0.717, 1.165) is 5.56 Å². The Balaban J connectivity index is 2.42. The fraction of sp³-hybridized carbons (Fsp3) is 0.273. The quantitative estimate of drug-likeness (QED) is 0.690. The molecule has 0 aliphatic heterocycles. The van der Waals surface area contributed by atoms with Crippen LogP contribution in [0.2, 0.25) is 0 Å². The van der Waals surface area contributed by atoms with Crippen LogP contribution in [0, 0.1) is 6.92 Å². The van der Waals surface area contributed by atoms with Crippen LogP contribution in [0.15, 0.2) is 24.3 Å². The molecular weight excluding hydrogens is 192 g/mol. The van der Waals surface area contributed by atoms with Gasteiger partial charge in [0.15, 0.2) is 0 Å². The first-order valence-electron chi connectivity index (χ1n) is 4.73. The lowest BCUT2D eigenvalue weighted by atomic mass is 10.1. The Morgan fingerprint density at radius 2 is 2.00 bits per heavy atom. The largest absolute Gasteiger partial charge is 0.361 e. The molecule has 0 bridgehead atoms. The van der Waals surface area contributed by atoms with Crippen molar-refractivity contribution in [1.82, 2.24) is 5.32 Å². The molecule has 2 amide bonds. The van der Waals surface area contributed by atoms with Crippen molar-refractivity contribution in [3.8, 4) is 0 Å². The maximum Gasteiger partial charge on any atom is 0.309 e. The maximum absolute atomic E-state index is 10.8. The van der Waals surface area contributed by atoms with E-state index in [2.05, 4.69) is 5.32 Å². The summed E-state index contributed by atoms with van der Waals surface area (Å²) in [5.41, 5.74) is 7.12. The van der Waals surface area contributed by atoms with E-state index < -0.39 is 11.8 Å². The third kappa shape index (κ3) is 3.42. The van der Waals surface area contributed by atoms with Gasteiger partial charge >= 0.3 is 11.8 Å². The van der Waals surface area contributed by atoms with E-state index in [-0.39, 0.29) is 0 Å². The van der Waals surface area contributed by atoms with Crippen molar-refractivity contribution in [1.29, 1.82) is 0 Å². The average molecular weight is 206 g/mol. The third-order valence-corrected chi connectivity index (χ3v) is 2.16. The number of benzene rings is 1. The van der Waals surface area contributed by atoms with Gasteiger partial charge in [0.05, 0.1) is 0 Å². The van der Waals surface area contributed by atoms with Crippen molar-refractivity contribution >= 4 is 11.8 Å². The van der Waals surface area contributed by atoms with E-state index in [1.54, 1.807) is 0 Å². The highest BCUT2D eigenvalue weighted by Gasteiger charge is 2.06. The summed E-state index contributed by atoms with van der Waals surface area (Å²) in [6.07, 6.45) is 0.700. The van der Waals surface area contributed by atoms with Crippen molar-refractivity contribution in [3.05, 3.63) is 35.4 Å². The number of hydrogen-bond donors (Lipinski definition) is 2. The van der Waals surface area contributed by atoms with Gasteiger partial charge in [-0.3, -0.25) is 9.59 Å². The lowest BCUT2D eigenvalue weighted by Gasteiger charge is -2.05. The van der Waals surface area contributed by atoms with E-state index in [0.29, 0.717) is 13.0 Å². The number of aryl methyl sites for hydroxylation is 1. The van der Waals surface area contributed by atoms with E-state index >= 15 is 0 Å². The van der Waals surface area contributed by atoms with Crippen LogP contribution >= 0.6 is 0 Å². The van der Waals surface area contributed by atoms with Crippen molar-refractivity contribution in [3.63, 3.8) is 0 Å². The number of carbonyl (C=O) groups is 2. The summed E-state index contributed by atoms with van der Waals surface area (Å²) in [7, 11) is 0. The fourth-order valence-corrected chi connectivity index (χ4v) is 1.29. The van der Waals surface area contributed by atoms with E-state index in [1.165, 1.54) is 5.56 Å². The average Bonchev–Trinajstić information content (AvgIpc) is 2.20. The second-order valence-electron chi connectivity index (χ2n) is 3.30. The topological polar surface area (TPSA) is 72.2 Å². The highest BCUT2D eigenvalue weighted by Crippen LogP contribution is 2.06. The molecule has 3 N–H and O–H groups in total. The summed E-state index contributed by atoms with van der Waals surface area (Å²) in [4.78, 5) is 21.3. The van der Waals surface area contributed by atoms with Crippen LogP contribution < -0.4 is 11.1 Å². The Labute approximate surface area is 88.5 Å². The predicted molar refractivity (Wildman–Crippen MR) is 57.1 cm³/mol. The standard InChI is InChI=1S/C11H14N2O2/c1-8-4-2-3-5-9(8)6-7-13-11(15)10(12)14/h2-5H,6-7H2,1H3,(H2,12,14)(H,13,15). The summed E-state index contributed by atoms with van der Waals surface area (Å²) in [6, 6.07) is 7.90. The zero-order valence-corrected chi connectivity index (χ0v) is 8.62. The first-order valence-corrected chi connectivity index (χ1v) is 4.73.